The van der Waals surface area contributed by atoms with Crippen LogP contribution in [-0.4, -0.2) is 50.1 Å². The Hall–Kier alpha value is -1.11. The average molecular weight is 296 g/mol. The molecule has 1 saturated heterocycles. The van der Waals surface area contributed by atoms with Crippen LogP contribution in [0.1, 0.15) is 12.0 Å². The second kappa shape index (κ2) is 5.02. The minimum atomic E-state index is -2.97. The smallest absolute Gasteiger partial charge is 0.152 e. The summed E-state index contributed by atoms with van der Waals surface area (Å²) in [6.07, 6.45) is 0.619. The number of nitrogens with zero attached hydrogens (tertiary/aromatic N) is 1. The molecule has 1 atom stereocenters. The summed E-state index contributed by atoms with van der Waals surface area (Å²) < 4.78 is 29.5. The van der Waals surface area contributed by atoms with E-state index in [1.807, 2.05) is 24.3 Å². The molecule has 0 radical (unpaired) electrons. The standard InChI is InChI=1S/C14H20N2O3S/c15-10-14(5-8-20(17,18)11-14)16-6-7-19-13-4-2-1-3-12(13)9-16/h1-4H,5-11,15H2. The van der Waals surface area contributed by atoms with E-state index in [1.165, 1.54) is 0 Å². The second-order valence-electron chi connectivity index (χ2n) is 5.65. The van der Waals surface area contributed by atoms with E-state index in [2.05, 4.69) is 4.90 Å². The summed E-state index contributed by atoms with van der Waals surface area (Å²) in [5.41, 5.74) is 6.61. The summed E-state index contributed by atoms with van der Waals surface area (Å²) in [4.78, 5) is 2.20. The van der Waals surface area contributed by atoms with Crippen molar-refractivity contribution in [2.24, 2.45) is 5.73 Å². The van der Waals surface area contributed by atoms with Crippen LogP contribution in [0.25, 0.3) is 0 Å². The van der Waals surface area contributed by atoms with Gasteiger partial charge in [-0.25, -0.2) is 8.42 Å². The lowest BCUT2D eigenvalue weighted by atomic mass is 9.95. The number of benzene rings is 1. The van der Waals surface area contributed by atoms with Gasteiger partial charge in [-0.15, -0.1) is 0 Å². The molecule has 1 unspecified atom stereocenters. The van der Waals surface area contributed by atoms with E-state index in [1.54, 1.807) is 0 Å². The number of hydrogen-bond donors (Lipinski definition) is 1. The van der Waals surface area contributed by atoms with Crippen molar-refractivity contribution < 1.29 is 13.2 Å². The number of sulfone groups is 1. The van der Waals surface area contributed by atoms with Crippen LogP contribution in [0.2, 0.25) is 0 Å². The molecule has 20 heavy (non-hydrogen) atoms. The van der Waals surface area contributed by atoms with Crippen molar-refractivity contribution >= 4 is 9.84 Å². The maximum absolute atomic E-state index is 11.9. The summed E-state index contributed by atoms with van der Waals surface area (Å²) in [7, 11) is -2.97. The van der Waals surface area contributed by atoms with E-state index in [-0.39, 0.29) is 11.5 Å². The first kappa shape index (κ1) is 13.9. The molecule has 1 fully saturated rings. The van der Waals surface area contributed by atoms with Crippen molar-refractivity contribution in [2.75, 3.05) is 31.2 Å². The van der Waals surface area contributed by atoms with Crippen molar-refractivity contribution in [1.29, 1.82) is 0 Å². The molecule has 0 amide bonds. The molecule has 0 aromatic heterocycles. The number of nitrogens with two attached hydrogens (primary N) is 1. The van der Waals surface area contributed by atoms with Crippen molar-refractivity contribution in [1.82, 2.24) is 4.90 Å². The Bertz CT molecular complexity index is 602. The number of fused-ring (bicyclic) bond motifs is 1. The Morgan fingerprint density at radius 2 is 2.15 bits per heavy atom. The molecule has 6 heteroatoms. The first-order valence-electron chi connectivity index (χ1n) is 6.91. The minimum Gasteiger partial charge on any atom is -0.492 e. The van der Waals surface area contributed by atoms with E-state index in [4.69, 9.17) is 10.5 Å². The van der Waals surface area contributed by atoms with Gasteiger partial charge in [0.15, 0.2) is 9.84 Å². The van der Waals surface area contributed by atoms with Gasteiger partial charge >= 0.3 is 0 Å². The lowest BCUT2D eigenvalue weighted by Gasteiger charge is -2.38. The Labute approximate surface area is 119 Å². The van der Waals surface area contributed by atoms with Crippen LogP contribution in [0, 0.1) is 0 Å². The summed E-state index contributed by atoms with van der Waals surface area (Å²) in [5.74, 6) is 1.30. The van der Waals surface area contributed by atoms with Crippen LogP contribution in [0.15, 0.2) is 24.3 Å². The largest absolute Gasteiger partial charge is 0.492 e. The van der Waals surface area contributed by atoms with Crippen LogP contribution in [0.3, 0.4) is 0 Å². The van der Waals surface area contributed by atoms with Gasteiger partial charge in [0.2, 0.25) is 0 Å². The lowest BCUT2D eigenvalue weighted by Crippen LogP contribution is -2.55. The third kappa shape index (κ3) is 2.43. The van der Waals surface area contributed by atoms with Gasteiger partial charge in [-0.2, -0.15) is 0 Å². The van der Waals surface area contributed by atoms with Gasteiger partial charge in [-0.05, 0) is 12.5 Å². The number of rotatable bonds is 2. The molecular weight excluding hydrogens is 276 g/mol. The van der Waals surface area contributed by atoms with E-state index in [9.17, 15) is 8.42 Å². The quantitative estimate of drug-likeness (QED) is 0.855. The highest BCUT2D eigenvalue weighted by molar-refractivity contribution is 7.91. The molecule has 0 saturated carbocycles. The third-order valence-corrected chi connectivity index (χ3v) is 6.17. The maximum atomic E-state index is 11.9. The third-order valence-electron chi connectivity index (χ3n) is 4.37. The highest BCUT2D eigenvalue weighted by Gasteiger charge is 2.45. The molecule has 110 valence electrons. The fourth-order valence-electron chi connectivity index (χ4n) is 3.17. The second-order valence-corrected chi connectivity index (χ2v) is 7.83. The predicted octanol–water partition coefficient (Wildman–Crippen LogP) is 0.397. The van der Waals surface area contributed by atoms with E-state index < -0.39 is 15.4 Å². The van der Waals surface area contributed by atoms with Gasteiger partial charge in [-0.1, -0.05) is 18.2 Å². The summed E-state index contributed by atoms with van der Waals surface area (Å²) in [6.45, 7) is 2.34. The van der Waals surface area contributed by atoms with E-state index in [0.29, 0.717) is 32.7 Å². The number of ether oxygens (including phenoxy) is 1. The lowest BCUT2D eigenvalue weighted by molar-refractivity contribution is 0.0988. The van der Waals surface area contributed by atoms with Crippen LogP contribution >= 0.6 is 0 Å². The van der Waals surface area contributed by atoms with Gasteiger partial charge in [0, 0.05) is 30.7 Å². The molecule has 1 aromatic rings. The Balaban J connectivity index is 1.90. The maximum Gasteiger partial charge on any atom is 0.152 e. The molecule has 2 aliphatic heterocycles. The Morgan fingerprint density at radius 1 is 1.35 bits per heavy atom. The predicted molar refractivity (Wildman–Crippen MR) is 77.4 cm³/mol. The highest BCUT2D eigenvalue weighted by Crippen LogP contribution is 2.33. The van der Waals surface area contributed by atoms with Crippen molar-refractivity contribution in [3.8, 4) is 5.75 Å². The zero-order valence-electron chi connectivity index (χ0n) is 11.4. The number of hydrogen-bond acceptors (Lipinski definition) is 5. The summed E-state index contributed by atoms with van der Waals surface area (Å²) in [6, 6.07) is 7.92. The number of para-hydroxylation sites is 1. The van der Waals surface area contributed by atoms with Gasteiger partial charge in [0.05, 0.1) is 11.5 Å². The SMILES string of the molecule is NCC1(N2CCOc3ccccc3C2)CCS(=O)(=O)C1. The zero-order valence-corrected chi connectivity index (χ0v) is 12.2. The molecule has 2 heterocycles. The first-order chi connectivity index (χ1) is 9.55. The molecule has 2 aliphatic rings. The van der Waals surface area contributed by atoms with Crippen LogP contribution in [0.5, 0.6) is 5.75 Å². The fraction of sp³-hybridized carbons (Fsp3) is 0.571. The monoisotopic (exact) mass is 296 g/mol. The van der Waals surface area contributed by atoms with E-state index >= 15 is 0 Å². The molecule has 0 bridgehead atoms. The summed E-state index contributed by atoms with van der Waals surface area (Å²) in [5, 5.41) is 0. The first-order valence-corrected chi connectivity index (χ1v) is 8.73. The molecular formula is C14H20N2O3S. The van der Waals surface area contributed by atoms with Gasteiger partial charge in [-0.3, -0.25) is 4.90 Å². The molecule has 2 N–H and O–H groups in total. The average Bonchev–Trinajstić information content (AvgIpc) is 2.62. The van der Waals surface area contributed by atoms with Gasteiger partial charge in [0.25, 0.3) is 0 Å². The zero-order chi connectivity index (χ0) is 14.2. The highest BCUT2D eigenvalue weighted by atomic mass is 32.2. The summed E-state index contributed by atoms with van der Waals surface area (Å²) >= 11 is 0. The van der Waals surface area contributed by atoms with Crippen LogP contribution in [-0.2, 0) is 16.4 Å². The van der Waals surface area contributed by atoms with Crippen molar-refractivity contribution in [3.63, 3.8) is 0 Å². The van der Waals surface area contributed by atoms with Crippen molar-refractivity contribution in [2.45, 2.75) is 18.5 Å². The van der Waals surface area contributed by atoms with Crippen LogP contribution < -0.4 is 10.5 Å². The van der Waals surface area contributed by atoms with E-state index in [0.717, 1.165) is 11.3 Å². The Kier molecular flexibility index (Phi) is 3.48. The Morgan fingerprint density at radius 3 is 2.85 bits per heavy atom. The van der Waals surface area contributed by atoms with Gasteiger partial charge in [0.1, 0.15) is 12.4 Å². The minimum absolute atomic E-state index is 0.165. The topological polar surface area (TPSA) is 72.6 Å². The normalized spacial score (nSPS) is 29.4. The van der Waals surface area contributed by atoms with Gasteiger partial charge < -0.3 is 10.5 Å². The molecule has 0 aliphatic carbocycles. The molecule has 1 aromatic carbocycles. The fourth-order valence-corrected chi connectivity index (χ4v) is 5.27. The van der Waals surface area contributed by atoms with Crippen molar-refractivity contribution in [3.05, 3.63) is 29.8 Å². The molecule has 0 spiro atoms. The molecule has 3 rings (SSSR count). The van der Waals surface area contributed by atoms with Crippen LogP contribution in [0.4, 0.5) is 0 Å². The molecule has 5 nitrogen and oxygen atoms in total.